The molecule has 36 heavy (non-hydrogen) atoms. The monoisotopic (exact) mass is 549 g/mol. The summed E-state index contributed by atoms with van der Waals surface area (Å²) in [6.45, 7) is 0. The molecule has 0 fully saturated rings. The van der Waals surface area contributed by atoms with Gasteiger partial charge in [-0.25, -0.2) is 4.98 Å². The van der Waals surface area contributed by atoms with E-state index in [-0.39, 0.29) is 0 Å². The van der Waals surface area contributed by atoms with Crippen molar-refractivity contribution in [3.63, 3.8) is 0 Å². The predicted molar refractivity (Wildman–Crippen MR) is 146 cm³/mol. The summed E-state index contributed by atoms with van der Waals surface area (Å²) in [5.74, 6) is 0.632. The Morgan fingerprint density at radius 1 is 0.833 bits per heavy atom. The summed E-state index contributed by atoms with van der Waals surface area (Å²) >= 11 is 6.55. The minimum absolute atomic E-state index is 0.632. The lowest BCUT2D eigenvalue weighted by molar-refractivity contribution is 0.755. The van der Waals surface area contributed by atoms with E-state index in [1.54, 1.807) is 39.5 Å². The molecule has 0 amide bonds. The molecule has 180 valence electrons. The molecule has 6 aromatic rings. The van der Waals surface area contributed by atoms with Crippen LogP contribution < -0.4 is 0 Å². The average molecular weight is 550 g/mol. The number of thiazole rings is 1. The number of nitrogens with one attached hydrogen (secondary N) is 1. The molecule has 0 bridgehead atoms. The first-order valence-electron chi connectivity index (χ1n) is 10.6. The van der Waals surface area contributed by atoms with Gasteiger partial charge in [-0.05, 0) is 101 Å². The van der Waals surface area contributed by atoms with Crippen LogP contribution in [0.15, 0.2) is 92.1 Å². The summed E-state index contributed by atoms with van der Waals surface area (Å²) < 4.78 is 3.84. The van der Waals surface area contributed by atoms with Crippen LogP contribution in [0, 0.1) is 0 Å². The second kappa shape index (κ2) is 11.6. The molecular formula is C23H19N9S4. The van der Waals surface area contributed by atoms with Crippen LogP contribution >= 0.6 is 46.6 Å². The molecule has 0 unspecified atom stereocenters. The molecule has 9 nitrogen and oxygen atoms in total. The lowest BCUT2D eigenvalue weighted by atomic mass is 10.2. The van der Waals surface area contributed by atoms with Crippen LogP contribution in [-0.4, -0.2) is 58.3 Å². The summed E-state index contributed by atoms with van der Waals surface area (Å²) in [5, 5.41) is 26.4. The Morgan fingerprint density at radius 3 is 2.22 bits per heavy atom. The van der Waals surface area contributed by atoms with Crippen LogP contribution in [0.3, 0.4) is 0 Å². The third kappa shape index (κ3) is 5.75. The van der Waals surface area contributed by atoms with E-state index >= 15 is 0 Å². The van der Waals surface area contributed by atoms with Crippen molar-refractivity contribution in [2.45, 2.75) is 19.3 Å². The molecule has 0 radical (unpaired) electrons. The number of aromatic amines is 1. The zero-order chi connectivity index (χ0) is 24.7. The summed E-state index contributed by atoms with van der Waals surface area (Å²) in [5.41, 5.74) is 2.92. The fourth-order valence-electron chi connectivity index (χ4n) is 3.13. The van der Waals surface area contributed by atoms with Gasteiger partial charge in [0.2, 0.25) is 11.0 Å². The van der Waals surface area contributed by atoms with Crippen molar-refractivity contribution in [1.82, 2.24) is 45.8 Å². The molecule has 0 aliphatic rings. The van der Waals surface area contributed by atoms with Gasteiger partial charge >= 0.3 is 0 Å². The van der Waals surface area contributed by atoms with E-state index in [9.17, 15) is 0 Å². The molecular weight excluding hydrogens is 531 g/mol. The first-order chi connectivity index (χ1) is 17.7. The molecule has 6 rings (SSSR count). The van der Waals surface area contributed by atoms with Gasteiger partial charge in [-0.2, -0.15) is 9.90 Å². The summed E-state index contributed by atoms with van der Waals surface area (Å²) in [6, 6.07) is 24.3. The molecule has 13 heteroatoms. The molecule has 0 aliphatic carbocycles. The molecule has 0 aliphatic heterocycles. The van der Waals surface area contributed by atoms with Gasteiger partial charge in [0.15, 0.2) is 4.34 Å². The maximum atomic E-state index is 4.62. The van der Waals surface area contributed by atoms with E-state index in [0.717, 1.165) is 21.1 Å². The lowest BCUT2D eigenvalue weighted by Gasteiger charge is -2.03. The van der Waals surface area contributed by atoms with E-state index in [0.29, 0.717) is 11.0 Å². The van der Waals surface area contributed by atoms with Crippen molar-refractivity contribution in [2.75, 3.05) is 12.5 Å². The van der Waals surface area contributed by atoms with Crippen LogP contribution in [0.5, 0.6) is 0 Å². The molecule has 0 saturated heterocycles. The number of aromatic nitrogens is 9. The van der Waals surface area contributed by atoms with E-state index in [1.165, 1.54) is 26.3 Å². The highest BCUT2D eigenvalue weighted by atomic mass is 32.2. The number of H-pyrrole nitrogens is 1. The molecule has 0 saturated carbocycles. The lowest BCUT2D eigenvalue weighted by Crippen LogP contribution is -1.98. The van der Waals surface area contributed by atoms with Crippen molar-refractivity contribution in [2.24, 2.45) is 0 Å². The highest BCUT2D eigenvalue weighted by Gasteiger charge is 2.13. The quantitative estimate of drug-likeness (QED) is 0.258. The second-order valence-corrected chi connectivity index (χ2v) is 11.1. The van der Waals surface area contributed by atoms with Crippen molar-refractivity contribution >= 4 is 56.8 Å². The molecule has 0 atom stereocenters. The van der Waals surface area contributed by atoms with Gasteiger partial charge in [0.1, 0.15) is 0 Å². The van der Waals surface area contributed by atoms with Crippen LogP contribution in [0.1, 0.15) is 0 Å². The highest BCUT2D eigenvalue weighted by molar-refractivity contribution is 8.01. The molecule has 0 spiro atoms. The number of thioether (sulfide) groups is 2. The zero-order valence-electron chi connectivity index (χ0n) is 19.1. The number of fused-ring (bicyclic) bond motifs is 1. The van der Waals surface area contributed by atoms with Crippen LogP contribution in [0.2, 0.25) is 0 Å². The summed E-state index contributed by atoms with van der Waals surface area (Å²) in [6.07, 6.45) is 4.10. The van der Waals surface area contributed by atoms with Gasteiger partial charge in [0.05, 0.1) is 15.9 Å². The largest absolute Gasteiger partial charge is 0.229 e. The Kier molecular flexibility index (Phi) is 7.91. The number of rotatable bonds is 6. The SMILES string of the molecule is CSc1ccc(-c2nn[nH]n2)cc1.CSc1ccc(-n2nnnc2Sc2nc3ccccc3s2)cc1. The average Bonchev–Trinajstić information content (AvgIpc) is 3.70. The maximum absolute atomic E-state index is 4.62. The first-order valence-corrected chi connectivity index (χ1v) is 14.7. The zero-order valence-corrected chi connectivity index (χ0v) is 22.4. The third-order valence-corrected chi connectivity index (χ3v) is 8.43. The van der Waals surface area contributed by atoms with Crippen molar-refractivity contribution in [3.05, 3.63) is 72.8 Å². The first kappa shape index (κ1) is 24.4. The van der Waals surface area contributed by atoms with Gasteiger partial charge in [0, 0.05) is 15.4 Å². The minimum atomic E-state index is 0.632. The predicted octanol–water partition coefficient (Wildman–Crippen LogP) is 5.73. The number of hydrogen-bond donors (Lipinski definition) is 1. The smallest absolute Gasteiger partial charge is 0.221 e. The van der Waals surface area contributed by atoms with Gasteiger partial charge in [0.25, 0.3) is 0 Å². The number of para-hydroxylation sites is 1. The standard InChI is InChI=1S/C15H11N5S3.C8H8N4S/c1-21-11-8-6-10(7-9-11)20-14(17-18-19-20)23-15-16-12-4-2-3-5-13(12)22-15;1-13-7-4-2-6(3-5-7)8-9-11-12-10-8/h2-9H,1H3;2-5H,1H3,(H,9,10,11,12). The van der Waals surface area contributed by atoms with Crippen LogP contribution in [-0.2, 0) is 0 Å². The van der Waals surface area contributed by atoms with E-state index in [1.807, 2.05) is 60.9 Å². The fourth-order valence-corrected chi connectivity index (χ4v) is 5.90. The normalized spacial score (nSPS) is 10.8. The fraction of sp³-hybridized carbons (Fsp3) is 0.0870. The Labute approximate surface area is 223 Å². The van der Waals surface area contributed by atoms with Gasteiger partial charge in [-0.15, -0.1) is 50.2 Å². The highest BCUT2D eigenvalue weighted by Crippen LogP contribution is 2.33. The summed E-state index contributed by atoms with van der Waals surface area (Å²) in [4.78, 5) is 7.06. The molecule has 3 aromatic heterocycles. The van der Waals surface area contributed by atoms with Gasteiger partial charge in [-0.1, -0.05) is 12.1 Å². The number of benzene rings is 3. The Balaban J connectivity index is 0.000000174. The van der Waals surface area contributed by atoms with Crippen LogP contribution in [0.4, 0.5) is 0 Å². The van der Waals surface area contributed by atoms with Gasteiger partial charge < -0.3 is 0 Å². The summed E-state index contributed by atoms with van der Waals surface area (Å²) in [7, 11) is 0. The van der Waals surface area contributed by atoms with Crippen molar-refractivity contribution < 1.29 is 0 Å². The maximum Gasteiger partial charge on any atom is 0.221 e. The molecule has 1 N–H and O–H groups in total. The number of nitrogens with zero attached hydrogens (tertiary/aromatic N) is 8. The van der Waals surface area contributed by atoms with Gasteiger partial charge in [-0.3, -0.25) is 0 Å². The van der Waals surface area contributed by atoms with E-state index in [4.69, 9.17) is 0 Å². The Morgan fingerprint density at radius 2 is 1.56 bits per heavy atom. The third-order valence-electron chi connectivity index (χ3n) is 4.90. The minimum Gasteiger partial charge on any atom is -0.229 e. The molecule has 3 aromatic carbocycles. The van der Waals surface area contributed by atoms with E-state index in [2.05, 4.69) is 65.6 Å². The number of hydrogen-bond acceptors (Lipinski definition) is 11. The molecule has 3 heterocycles. The second-order valence-electron chi connectivity index (χ2n) is 7.08. The van der Waals surface area contributed by atoms with Crippen molar-refractivity contribution in [3.8, 4) is 17.1 Å². The Hall–Kier alpha value is -3.26. The van der Waals surface area contributed by atoms with E-state index < -0.39 is 0 Å². The topological polar surface area (TPSA) is 111 Å². The number of tetrazole rings is 2. The van der Waals surface area contributed by atoms with Crippen molar-refractivity contribution in [1.29, 1.82) is 0 Å². The Bertz CT molecular complexity index is 1500. The van der Waals surface area contributed by atoms with Crippen LogP contribution in [0.25, 0.3) is 27.3 Å².